The van der Waals surface area contributed by atoms with Crippen LogP contribution in [-0.4, -0.2) is 22.6 Å². The Bertz CT molecular complexity index is 1040. The Balaban J connectivity index is 1.91. The lowest BCUT2D eigenvalue weighted by Gasteiger charge is -2.14. The average molecular weight is 395 g/mol. The van der Waals surface area contributed by atoms with Crippen LogP contribution in [0.4, 0.5) is 10.1 Å². The Morgan fingerprint density at radius 2 is 1.83 bits per heavy atom. The maximum absolute atomic E-state index is 13.3. The molecule has 0 aliphatic heterocycles. The molecule has 0 saturated carbocycles. The molecular weight excluding hydrogens is 373 g/mol. The van der Waals surface area contributed by atoms with Gasteiger partial charge >= 0.3 is 0 Å². The summed E-state index contributed by atoms with van der Waals surface area (Å²) < 4.78 is 19.7. The summed E-state index contributed by atoms with van der Waals surface area (Å²) in [5.74, 6) is 0.259. The molecule has 7 heteroatoms. The molecule has 0 aliphatic carbocycles. The van der Waals surface area contributed by atoms with Gasteiger partial charge in [-0.3, -0.25) is 14.2 Å². The smallest absolute Gasteiger partial charge is 0.254 e. The van der Waals surface area contributed by atoms with Crippen molar-refractivity contribution in [2.75, 3.05) is 12.4 Å². The standard InChI is InChI=1S/C22H22FN3O3/c1-3-4-18-13-21(28)26(22(25-18)15-5-7-16(23)8-6-15)14-20(27)24-17-9-11-19(29-2)12-10-17/h5-13H,3-4,14H2,1-2H3,(H,24,27). The first-order valence-corrected chi connectivity index (χ1v) is 9.30. The second kappa shape index (κ2) is 9.14. The number of amides is 1. The molecule has 29 heavy (non-hydrogen) atoms. The summed E-state index contributed by atoms with van der Waals surface area (Å²) in [4.78, 5) is 29.8. The minimum atomic E-state index is -0.385. The van der Waals surface area contributed by atoms with Gasteiger partial charge in [0.25, 0.3) is 5.56 Å². The Morgan fingerprint density at radius 1 is 1.14 bits per heavy atom. The number of benzene rings is 2. The minimum absolute atomic E-state index is 0.211. The number of halogens is 1. The quantitative estimate of drug-likeness (QED) is 0.663. The molecule has 0 radical (unpaired) electrons. The third-order valence-electron chi connectivity index (χ3n) is 4.35. The molecule has 0 unspecified atom stereocenters. The number of aryl methyl sites for hydroxylation is 1. The molecule has 0 atom stereocenters. The first-order valence-electron chi connectivity index (χ1n) is 9.30. The van der Waals surface area contributed by atoms with E-state index in [4.69, 9.17) is 4.74 Å². The summed E-state index contributed by atoms with van der Waals surface area (Å²) in [7, 11) is 1.56. The van der Waals surface area contributed by atoms with E-state index in [2.05, 4.69) is 10.3 Å². The lowest BCUT2D eigenvalue weighted by Crippen LogP contribution is -2.30. The summed E-state index contributed by atoms with van der Waals surface area (Å²) in [5, 5.41) is 2.75. The van der Waals surface area contributed by atoms with Gasteiger partial charge in [0.2, 0.25) is 5.91 Å². The highest BCUT2D eigenvalue weighted by Crippen LogP contribution is 2.18. The van der Waals surface area contributed by atoms with Crippen LogP contribution in [0.25, 0.3) is 11.4 Å². The molecule has 0 spiro atoms. The summed E-state index contributed by atoms with van der Waals surface area (Å²) in [6.45, 7) is 1.78. The number of carbonyl (C=O) groups excluding carboxylic acids is 1. The number of hydrogen-bond donors (Lipinski definition) is 1. The zero-order valence-corrected chi connectivity index (χ0v) is 16.3. The zero-order valence-electron chi connectivity index (χ0n) is 16.3. The van der Waals surface area contributed by atoms with Crippen molar-refractivity contribution in [3.8, 4) is 17.1 Å². The summed E-state index contributed by atoms with van der Waals surface area (Å²) in [5.41, 5.74) is 1.47. The molecule has 0 bridgehead atoms. The van der Waals surface area contributed by atoms with Crippen LogP contribution in [0.1, 0.15) is 19.0 Å². The largest absolute Gasteiger partial charge is 0.497 e. The van der Waals surface area contributed by atoms with Gasteiger partial charge in [0, 0.05) is 23.0 Å². The lowest BCUT2D eigenvalue weighted by atomic mass is 10.1. The second-order valence-corrected chi connectivity index (χ2v) is 6.53. The Labute approximate surface area is 168 Å². The summed E-state index contributed by atoms with van der Waals surface area (Å²) in [6.07, 6.45) is 1.47. The highest BCUT2D eigenvalue weighted by Gasteiger charge is 2.14. The van der Waals surface area contributed by atoms with Gasteiger partial charge < -0.3 is 10.1 Å². The molecule has 3 aromatic rings. The van der Waals surface area contributed by atoms with Gasteiger partial charge in [0.15, 0.2) is 0 Å². The Kier molecular flexibility index (Phi) is 6.39. The number of methoxy groups -OCH3 is 1. The van der Waals surface area contributed by atoms with Crippen molar-refractivity contribution in [2.24, 2.45) is 0 Å². The van der Waals surface area contributed by atoms with E-state index in [1.54, 1.807) is 43.5 Å². The predicted molar refractivity (Wildman–Crippen MR) is 110 cm³/mol. The molecular formula is C22H22FN3O3. The lowest BCUT2D eigenvalue weighted by molar-refractivity contribution is -0.116. The van der Waals surface area contributed by atoms with Crippen molar-refractivity contribution in [1.29, 1.82) is 0 Å². The first kappa shape index (κ1) is 20.3. The molecule has 150 valence electrons. The predicted octanol–water partition coefficient (Wildman–Crippen LogP) is 3.65. The van der Waals surface area contributed by atoms with Crippen molar-refractivity contribution < 1.29 is 13.9 Å². The van der Waals surface area contributed by atoms with E-state index < -0.39 is 0 Å². The van der Waals surface area contributed by atoms with Crippen molar-refractivity contribution in [1.82, 2.24) is 9.55 Å². The van der Waals surface area contributed by atoms with Crippen LogP contribution < -0.4 is 15.6 Å². The van der Waals surface area contributed by atoms with Crippen LogP contribution in [0.15, 0.2) is 59.4 Å². The monoisotopic (exact) mass is 395 g/mol. The number of rotatable bonds is 7. The van der Waals surface area contributed by atoms with Gasteiger partial charge in [-0.15, -0.1) is 0 Å². The highest BCUT2D eigenvalue weighted by atomic mass is 19.1. The third kappa shape index (κ3) is 5.07. The number of carbonyl (C=O) groups is 1. The maximum Gasteiger partial charge on any atom is 0.254 e. The van der Waals surface area contributed by atoms with E-state index in [-0.39, 0.29) is 23.8 Å². The molecule has 6 nitrogen and oxygen atoms in total. The van der Waals surface area contributed by atoms with Crippen LogP contribution in [0.2, 0.25) is 0 Å². The number of anilines is 1. The molecule has 1 aromatic heterocycles. The Hall–Kier alpha value is -3.48. The van der Waals surface area contributed by atoms with Gasteiger partial charge in [-0.25, -0.2) is 9.37 Å². The van der Waals surface area contributed by atoms with E-state index in [1.807, 2.05) is 6.92 Å². The van der Waals surface area contributed by atoms with Gasteiger partial charge in [-0.2, -0.15) is 0 Å². The third-order valence-corrected chi connectivity index (χ3v) is 4.35. The zero-order chi connectivity index (χ0) is 20.8. The molecule has 0 aliphatic rings. The van der Waals surface area contributed by atoms with E-state index in [0.29, 0.717) is 34.9 Å². The van der Waals surface area contributed by atoms with Crippen LogP contribution in [0.3, 0.4) is 0 Å². The molecule has 1 N–H and O–H groups in total. The van der Waals surface area contributed by atoms with Crippen molar-refractivity contribution in [3.05, 3.63) is 76.5 Å². The minimum Gasteiger partial charge on any atom is -0.497 e. The number of ether oxygens (including phenoxy) is 1. The highest BCUT2D eigenvalue weighted by molar-refractivity contribution is 5.90. The fourth-order valence-electron chi connectivity index (χ4n) is 2.93. The number of nitrogens with one attached hydrogen (secondary N) is 1. The van der Waals surface area contributed by atoms with Crippen LogP contribution in [-0.2, 0) is 17.8 Å². The molecule has 2 aromatic carbocycles. The first-order chi connectivity index (χ1) is 14.0. The number of aromatic nitrogens is 2. The SMILES string of the molecule is CCCc1cc(=O)n(CC(=O)Nc2ccc(OC)cc2)c(-c2ccc(F)cc2)n1. The van der Waals surface area contributed by atoms with Crippen molar-refractivity contribution in [2.45, 2.75) is 26.3 Å². The number of nitrogens with zero attached hydrogens (tertiary/aromatic N) is 2. The van der Waals surface area contributed by atoms with Crippen LogP contribution >= 0.6 is 0 Å². The Morgan fingerprint density at radius 3 is 2.45 bits per heavy atom. The van der Waals surface area contributed by atoms with E-state index in [9.17, 15) is 14.0 Å². The molecule has 3 rings (SSSR count). The molecule has 1 amide bonds. The molecule has 0 saturated heterocycles. The maximum atomic E-state index is 13.3. The van der Waals surface area contributed by atoms with Gasteiger partial charge in [-0.05, 0) is 55.0 Å². The topological polar surface area (TPSA) is 73.2 Å². The van der Waals surface area contributed by atoms with E-state index >= 15 is 0 Å². The molecule has 0 fully saturated rings. The van der Waals surface area contributed by atoms with Crippen LogP contribution in [0, 0.1) is 5.82 Å². The fraction of sp³-hybridized carbons (Fsp3) is 0.227. The fourth-order valence-corrected chi connectivity index (χ4v) is 2.93. The van der Waals surface area contributed by atoms with Gasteiger partial charge in [0.05, 0.1) is 7.11 Å². The van der Waals surface area contributed by atoms with E-state index in [1.165, 1.54) is 22.8 Å². The molecule has 1 heterocycles. The summed E-state index contributed by atoms with van der Waals surface area (Å²) >= 11 is 0. The van der Waals surface area contributed by atoms with Crippen molar-refractivity contribution in [3.63, 3.8) is 0 Å². The van der Waals surface area contributed by atoms with E-state index in [0.717, 1.165) is 6.42 Å². The average Bonchev–Trinajstić information content (AvgIpc) is 2.71. The van der Waals surface area contributed by atoms with Gasteiger partial charge in [-0.1, -0.05) is 13.3 Å². The van der Waals surface area contributed by atoms with Crippen molar-refractivity contribution >= 4 is 11.6 Å². The van der Waals surface area contributed by atoms with Gasteiger partial charge in [0.1, 0.15) is 23.9 Å². The summed E-state index contributed by atoms with van der Waals surface area (Å²) in [6, 6.07) is 14.0. The number of hydrogen-bond acceptors (Lipinski definition) is 4. The second-order valence-electron chi connectivity index (χ2n) is 6.53. The normalized spacial score (nSPS) is 10.6. The van der Waals surface area contributed by atoms with Crippen LogP contribution in [0.5, 0.6) is 5.75 Å².